The number of nitrogens with zero attached hydrogens (tertiary/aromatic N) is 5. The summed E-state index contributed by atoms with van der Waals surface area (Å²) in [7, 11) is 1.19. The van der Waals surface area contributed by atoms with Crippen LogP contribution < -0.4 is 11.1 Å². The summed E-state index contributed by atoms with van der Waals surface area (Å²) < 4.78 is 46.7. The molecule has 2 amide bonds. The number of likely N-dealkylation sites (tertiary alicyclic amines) is 2. The molecule has 0 aliphatic carbocycles. The van der Waals surface area contributed by atoms with E-state index in [0.29, 0.717) is 18.9 Å². The molecule has 2 aliphatic rings. The Hall–Kier alpha value is -5.58. The molecule has 6 N–H and O–H groups in total. The third-order valence-electron chi connectivity index (χ3n) is 9.45. The number of hydrogen-bond acceptors (Lipinski definition) is 7. The molecular weight excluding hydrogens is 695 g/mol. The van der Waals surface area contributed by atoms with Crippen LogP contribution in [0.1, 0.15) is 55.8 Å². The molecule has 282 valence electrons. The van der Waals surface area contributed by atoms with E-state index >= 15 is 0 Å². The number of alkyl halides is 3. The molecule has 0 spiro atoms. The van der Waals surface area contributed by atoms with Gasteiger partial charge in [0.25, 0.3) is 0 Å². The monoisotopic (exact) mass is 737 g/mol. The highest BCUT2D eigenvalue weighted by atomic mass is 19.4. The lowest BCUT2D eigenvalue weighted by Crippen LogP contribution is -2.41. The number of carbonyl (C=O) groups excluding carboxylic acids is 1. The number of rotatable bonds is 12. The third kappa shape index (κ3) is 9.27. The molecule has 4 heterocycles. The van der Waals surface area contributed by atoms with Crippen LogP contribution >= 0.6 is 0 Å². The first-order chi connectivity index (χ1) is 25.5. The van der Waals surface area contributed by atoms with Crippen molar-refractivity contribution < 1.29 is 37.3 Å². The van der Waals surface area contributed by atoms with Crippen molar-refractivity contribution in [1.29, 1.82) is 0 Å². The number of carbonyl (C=O) groups is 2. The number of hydrogen-bond donors (Lipinski definition) is 5. The number of nitrogens with two attached hydrogens (primary N) is 1. The fraction of sp³-hybridized carbons (Fsp3) is 0.417. The maximum absolute atomic E-state index is 12.5. The number of aliphatic imine (C=N–C) groups is 1. The zero-order chi connectivity index (χ0) is 37.5. The van der Waals surface area contributed by atoms with Gasteiger partial charge in [0, 0.05) is 19.7 Å². The zero-order valence-electron chi connectivity index (χ0n) is 29.1. The first-order valence-corrected chi connectivity index (χ1v) is 17.3. The van der Waals surface area contributed by atoms with Crippen LogP contribution in [0.15, 0.2) is 65.9 Å². The summed E-state index contributed by atoms with van der Waals surface area (Å²) >= 11 is 0. The lowest BCUT2D eigenvalue weighted by Gasteiger charge is -2.25. The lowest BCUT2D eigenvalue weighted by atomic mass is 10.0. The molecule has 0 radical (unpaired) electrons. The van der Waals surface area contributed by atoms with Crippen molar-refractivity contribution >= 4 is 18.1 Å². The van der Waals surface area contributed by atoms with Gasteiger partial charge in [0.2, 0.25) is 0 Å². The lowest BCUT2D eigenvalue weighted by molar-refractivity contribution is -0.174. The molecule has 4 aromatic rings. The number of alkyl carbamates (subject to hydrolysis) is 1. The summed E-state index contributed by atoms with van der Waals surface area (Å²) in [5.74, 6) is 1.62. The Morgan fingerprint density at radius 2 is 1.43 bits per heavy atom. The minimum atomic E-state index is -4.44. The number of guanidine groups is 1. The van der Waals surface area contributed by atoms with E-state index in [0.717, 1.165) is 65.1 Å². The van der Waals surface area contributed by atoms with Crippen molar-refractivity contribution in [2.45, 2.75) is 56.4 Å². The van der Waals surface area contributed by atoms with Crippen LogP contribution in [0.2, 0.25) is 0 Å². The van der Waals surface area contributed by atoms with Gasteiger partial charge in [-0.2, -0.15) is 13.2 Å². The van der Waals surface area contributed by atoms with Crippen molar-refractivity contribution in [3.8, 4) is 33.6 Å². The molecule has 14 nitrogen and oxygen atoms in total. The van der Waals surface area contributed by atoms with E-state index in [1.165, 1.54) is 12.0 Å². The Labute approximate surface area is 303 Å². The van der Waals surface area contributed by atoms with Gasteiger partial charge in [-0.15, -0.1) is 0 Å². The van der Waals surface area contributed by atoms with Crippen molar-refractivity contribution in [2.75, 3.05) is 40.0 Å². The summed E-state index contributed by atoms with van der Waals surface area (Å²) in [4.78, 5) is 47.1. The second-order valence-corrected chi connectivity index (χ2v) is 13.0. The Balaban J connectivity index is 1.07. The number of aromatic nitrogens is 4. The Kier molecular flexibility index (Phi) is 11.5. The maximum Gasteiger partial charge on any atom is 0.411 e. The normalized spacial score (nSPS) is 18.4. The highest BCUT2D eigenvalue weighted by Crippen LogP contribution is 2.34. The summed E-state index contributed by atoms with van der Waals surface area (Å²) in [6, 6.07) is 15.2. The molecule has 17 heteroatoms. The summed E-state index contributed by atoms with van der Waals surface area (Å²) in [5, 5.41) is 12.1. The van der Waals surface area contributed by atoms with Crippen LogP contribution in [-0.2, 0) is 9.47 Å². The molecule has 0 saturated carbocycles. The molecule has 3 unspecified atom stereocenters. The number of ether oxygens (including phenoxy) is 2. The van der Waals surface area contributed by atoms with E-state index < -0.39 is 31.0 Å². The third-order valence-corrected chi connectivity index (χ3v) is 9.45. The molecule has 2 saturated heterocycles. The quantitative estimate of drug-likeness (QED) is 0.0651. The van der Waals surface area contributed by atoms with E-state index in [1.807, 2.05) is 53.4 Å². The van der Waals surface area contributed by atoms with Gasteiger partial charge in [-0.25, -0.2) is 19.6 Å². The Morgan fingerprint density at radius 1 is 0.925 bits per heavy atom. The molecule has 3 atom stereocenters. The Morgan fingerprint density at radius 3 is 1.94 bits per heavy atom. The molecule has 53 heavy (non-hydrogen) atoms. The van der Waals surface area contributed by atoms with E-state index in [4.69, 9.17) is 10.5 Å². The number of H-pyrrole nitrogens is 2. The predicted octanol–water partition coefficient (Wildman–Crippen LogP) is 6.09. The zero-order valence-corrected chi connectivity index (χ0v) is 29.1. The number of aromatic amines is 2. The molecule has 2 aromatic heterocycles. The van der Waals surface area contributed by atoms with Crippen molar-refractivity contribution in [3.63, 3.8) is 0 Å². The molecular formula is C36H42F3N9O5. The van der Waals surface area contributed by atoms with Crippen molar-refractivity contribution in [2.24, 2.45) is 10.7 Å². The highest BCUT2D eigenvalue weighted by Gasteiger charge is 2.32. The topological polar surface area (TPSA) is 187 Å². The first-order valence-electron chi connectivity index (χ1n) is 17.3. The largest absolute Gasteiger partial charge is 0.465 e. The van der Waals surface area contributed by atoms with Gasteiger partial charge in [0.15, 0.2) is 5.96 Å². The standard InChI is InChI=1S/C36H42F3N9O5/c1-52-34(49)44-26(14-17-53-21-36(37,38)39)18-43-33(40)47-15-2-4-29(47)31-41-19-27(45-31)24-10-6-22(7-11-24)23-8-12-25(13-9-23)28-20-42-32(46-28)30-5-3-16-48(30)35(50)51/h6-13,19-20,26,29-30H,2-5,14-18,21H2,1H3,(H2,40,43)(H,41,45)(H,42,46)(H,44,49)(H,50,51). The second-order valence-electron chi connectivity index (χ2n) is 13.0. The fourth-order valence-corrected chi connectivity index (χ4v) is 6.74. The number of halogens is 3. The van der Waals surface area contributed by atoms with Crippen molar-refractivity contribution in [1.82, 2.24) is 35.1 Å². The Bertz CT molecular complexity index is 1880. The average Bonchev–Trinajstić information content (AvgIpc) is 3.98. The summed E-state index contributed by atoms with van der Waals surface area (Å²) in [6.45, 7) is -0.439. The number of amides is 2. The summed E-state index contributed by atoms with van der Waals surface area (Å²) in [5.41, 5.74) is 12.0. The van der Waals surface area contributed by atoms with Crippen LogP contribution in [0.5, 0.6) is 0 Å². The smallest absolute Gasteiger partial charge is 0.411 e. The van der Waals surface area contributed by atoms with Gasteiger partial charge in [0.1, 0.15) is 18.3 Å². The minimum absolute atomic E-state index is 0.0238. The first kappa shape index (κ1) is 37.2. The highest BCUT2D eigenvalue weighted by molar-refractivity contribution is 5.79. The second kappa shape index (κ2) is 16.4. The van der Waals surface area contributed by atoms with Gasteiger partial charge in [-0.05, 0) is 54.4 Å². The van der Waals surface area contributed by atoms with Crippen LogP contribution in [-0.4, -0.2) is 105 Å². The van der Waals surface area contributed by atoms with Gasteiger partial charge >= 0.3 is 18.4 Å². The van der Waals surface area contributed by atoms with Crippen LogP contribution in [0, 0.1) is 0 Å². The molecule has 2 fully saturated rings. The summed E-state index contributed by atoms with van der Waals surface area (Å²) in [6.07, 6.45) is 0.696. The van der Waals surface area contributed by atoms with E-state index in [9.17, 15) is 27.9 Å². The molecule has 6 rings (SSSR count). The predicted molar refractivity (Wildman–Crippen MR) is 190 cm³/mol. The fourth-order valence-electron chi connectivity index (χ4n) is 6.74. The number of methoxy groups -OCH3 is 1. The SMILES string of the molecule is COC(=O)NC(CCOCC(F)(F)F)CN=C(N)N1CCCC1c1ncc(-c2ccc(-c3ccc(-c4cnc(C5CCCN5C(=O)O)[nH]4)cc3)cc2)[nH]1. The number of benzene rings is 2. The molecule has 2 aromatic carbocycles. The van der Waals surface area contributed by atoms with Crippen LogP contribution in [0.4, 0.5) is 22.8 Å². The number of imidazole rings is 2. The van der Waals surface area contributed by atoms with E-state index in [-0.39, 0.29) is 37.6 Å². The van der Waals surface area contributed by atoms with Gasteiger partial charge in [0.05, 0.1) is 55.6 Å². The minimum Gasteiger partial charge on any atom is -0.465 e. The van der Waals surface area contributed by atoms with Gasteiger partial charge in [-0.3, -0.25) is 9.89 Å². The maximum atomic E-state index is 12.5. The van der Waals surface area contributed by atoms with Crippen LogP contribution in [0.3, 0.4) is 0 Å². The molecule has 2 aliphatic heterocycles. The molecule has 0 bridgehead atoms. The van der Waals surface area contributed by atoms with E-state index in [1.54, 1.807) is 12.4 Å². The average molecular weight is 738 g/mol. The number of carboxylic acid groups (broad SMARTS) is 1. The van der Waals surface area contributed by atoms with Crippen molar-refractivity contribution in [3.05, 3.63) is 72.6 Å². The van der Waals surface area contributed by atoms with Gasteiger partial charge in [-0.1, -0.05) is 48.5 Å². The van der Waals surface area contributed by atoms with Crippen LogP contribution in [0.25, 0.3) is 33.6 Å². The van der Waals surface area contributed by atoms with E-state index in [2.05, 4.69) is 35.0 Å². The number of nitrogens with one attached hydrogen (secondary N) is 3. The van der Waals surface area contributed by atoms with Gasteiger partial charge < -0.3 is 40.5 Å².